The van der Waals surface area contributed by atoms with E-state index < -0.39 is 11.2 Å². The third-order valence-corrected chi connectivity index (χ3v) is 7.20. The van der Waals surface area contributed by atoms with Crippen LogP contribution in [0.25, 0.3) is 10.2 Å². The van der Waals surface area contributed by atoms with E-state index in [1.807, 2.05) is 27.7 Å². The van der Waals surface area contributed by atoms with Crippen molar-refractivity contribution in [2.75, 3.05) is 36.6 Å². The van der Waals surface area contributed by atoms with E-state index >= 15 is 0 Å². The van der Waals surface area contributed by atoms with Gasteiger partial charge in [-0.2, -0.15) is 0 Å². The first kappa shape index (κ1) is 24.9. The fourth-order valence-electron chi connectivity index (χ4n) is 3.40. The summed E-state index contributed by atoms with van der Waals surface area (Å²) in [6, 6.07) is 0. The number of nitrogens with one attached hydrogen (secondary N) is 1. The van der Waals surface area contributed by atoms with Crippen molar-refractivity contribution in [3.05, 3.63) is 37.6 Å². The minimum atomic E-state index is -0.708. The topological polar surface area (TPSA) is 136 Å². The van der Waals surface area contributed by atoms with E-state index in [9.17, 15) is 14.4 Å². The number of fused-ring (bicyclic) bond motifs is 1. The third kappa shape index (κ3) is 5.28. The summed E-state index contributed by atoms with van der Waals surface area (Å²) < 4.78 is 6.42. The Morgan fingerprint density at radius 1 is 1.33 bits per heavy atom. The number of methoxy groups -OCH3 is 1. The molecule has 3 heterocycles. The first-order valence-corrected chi connectivity index (χ1v) is 12.2. The number of aromatic amines is 1. The van der Waals surface area contributed by atoms with Crippen molar-refractivity contribution in [3.63, 3.8) is 0 Å². The molecule has 0 radical (unpaired) electrons. The Labute approximate surface area is 199 Å². The summed E-state index contributed by atoms with van der Waals surface area (Å²) in [7, 11) is 1.50. The van der Waals surface area contributed by atoms with Gasteiger partial charge in [-0.15, -0.1) is 11.3 Å². The Hall–Kier alpha value is -2.70. The zero-order valence-corrected chi connectivity index (χ0v) is 20.9. The van der Waals surface area contributed by atoms with E-state index in [0.29, 0.717) is 11.6 Å². The van der Waals surface area contributed by atoms with Crippen molar-refractivity contribution in [1.82, 2.24) is 19.5 Å². The summed E-state index contributed by atoms with van der Waals surface area (Å²) in [5.74, 6) is -0.257. The molecule has 0 aliphatic rings. The number of nitrogen functional groups attached to an aromatic ring is 1. The van der Waals surface area contributed by atoms with Crippen LogP contribution in [0.4, 0.5) is 11.5 Å². The van der Waals surface area contributed by atoms with Gasteiger partial charge in [-0.05, 0) is 25.3 Å². The van der Waals surface area contributed by atoms with Gasteiger partial charge in [0.05, 0.1) is 12.4 Å². The van der Waals surface area contributed by atoms with E-state index in [-0.39, 0.29) is 42.2 Å². The van der Waals surface area contributed by atoms with Crippen LogP contribution >= 0.6 is 23.1 Å². The van der Waals surface area contributed by atoms with Crippen LogP contribution in [0.1, 0.15) is 24.3 Å². The second kappa shape index (κ2) is 10.5. The van der Waals surface area contributed by atoms with Gasteiger partial charge in [0.1, 0.15) is 22.0 Å². The minimum Gasteiger partial charge on any atom is -0.383 e. The van der Waals surface area contributed by atoms with Gasteiger partial charge in [0.25, 0.3) is 5.56 Å². The molecule has 1 amide bonds. The summed E-state index contributed by atoms with van der Waals surface area (Å²) in [5, 5.41) is 1.64. The number of carbonyl (C=O) groups is 1. The second-order valence-electron chi connectivity index (χ2n) is 7.97. The van der Waals surface area contributed by atoms with E-state index in [1.54, 1.807) is 11.3 Å². The molecule has 0 fully saturated rings. The van der Waals surface area contributed by atoms with Crippen molar-refractivity contribution in [2.45, 2.75) is 39.3 Å². The van der Waals surface area contributed by atoms with Crippen LogP contribution in [-0.4, -0.2) is 51.4 Å². The van der Waals surface area contributed by atoms with Gasteiger partial charge in [-0.1, -0.05) is 25.6 Å². The summed E-state index contributed by atoms with van der Waals surface area (Å²) in [5.41, 5.74) is 5.96. The molecule has 0 spiro atoms. The number of thioether (sulfide) groups is 1. The number of rotatable bonds is 9. The van der Waals surface area contributed by atoms with Crippen LogP contribution < -0.4 is 21.9 Å². The normalized spacial score (nSPS) is 11.5. The van der Waals surface area contributed by atoms with Gasteiger partial charge in [0.2, 0.25) is 5.91 Å². The van der Waals surface area contributed by atoms with Gasteiger partial charge in [0.15, 0.2) is 5.69 Å². The number of hydrogen-bond donors (Lipinski definition) is 2. The first-order valence-electron chi connectivity index (χ1n) is 10.4. The highest BCUT2D eigenvalue weighted by Gasteiger charge is 2.25. The fourth-order valence-corrected chi connectivity index (χ4v) is 5.39. The molecule has 0 aliphatic heterocycles. The molecule has 3 aromatic rings. The maximum absolute atomic E-state index is 13.3. The van der Waals surface area contributed by atoms with Crippen molar-refractivity contribution in [2.24, 2.45) is 5.92 Å². The molecule has 0 saturated heterocycles. The van der Waals surface area contributed by atoms with Crippen LogP contribution in [0.3, 0.4) is 0 Å². The molecule has 3 N–H and O–H groups in total. The zero-order chi connectivity index (χ0) is 24.3. The number of carbonyl (C=O) groups excluding carboxylic acids is 1. The number of thiophene rings is 1. The van der Waals surface area contributed by atoms with Crippen molar-refractivity contribution >= 4 is 50.7 Å². The predicted molar refractivity (Wildman–Crippen MR) is 132 cm³/mol. The Balaban J connectivity index is 1.95. The number of amides is 1. The first-order chi connectivity index (χ1) is 15.6. The summed E-state index contributed by atoms with van der Waals surface area (Å²) >= 11 is 2.86. The Bertz CT molecular complexity index is 1280. The quantitative estimate of drug-likeness (QED) is 0.343. The maximum Gasteiger partial charge on any atom is 0.330 e. The molecule has 12 heteroatoms. The van der Waals surface area contributed by atoms with Gasteiger partial charge < -0.3 is 15.4 Å². The molecular formula is C21H28N6O4S2. The largest absolute Gasteiger partial charge is 0.383 e. The lowest BCUT2D eigenvalue weighted by Crippen LogP contribution is -2.43. The molecule has 0 aliphatic carbocycles. The fraction of sp³-hybridized carbons (Fsp3) is 0.476. The number of nitrogens with two attached hydrogens (primary N) is 1. The number of H-pyrrole nitrogens is 1. The van der Waals surface area contributed by atoms with E-state index in [2.05, 4.69) is 15.0 Å². The highest BCUT2D eigenvalue weighted by atomic mass is 32.2. The number of aromatic nitrogens is 4. The molecule has 3 rings (SSSR count). The zero-order valence-electron chi connectivity index (χ0n) is 19.3. The van der Waals surface area contributed by atoms with Crippen LogP contribution in [0.5, 0.6) is 0 Å². The average Bonchev–Trinajstić information content (AvgIpc) is 3.05. The number of hydrogen-bond acceptors (Lipinski definition) is 9. The van der Waals surface area contributed by atoms with Gasteiger partial charge in [0, 0.05) is 30.5 Å². The Morgan fingerprint density at radius 3 is 2.73 bits per heavy atom. The van der Waals surface area contributed by atoms with Crippen LogP contribution in [0.2, 0.25) is 0 Å². The average molecular weight is 493 g/mol. The predicted octanol–water partition coefficient (Wildman–Crippen LogP) is 2.17. The maximum atomic E-state index is 13.3. The van der Waals surface area contributed by atoms with Gasteiger partial charge >= 0.3 is 5.69 Å². The highest BCUT2D eigenvalue weighted by molar-refractivity contribution is 8.00. The summed E-state index contributed by atoms with van der Waals surface area (Å²) in [4.78, 5) is 52.6. The van der Waals surface area contributed by atoms with Crippen molar-refractivity contribution in [1.29, 1.82) is 0 Å². The van der Waals surface area contributed by atoms with Gasteiger partial charge in [-0.25, -0.2) is 14.8 Å². The number of anilines is 2. The highest BCUT2D eigenvalue weighted by Crippen LogP contribution is 2.34. The van der Waals surface area contributed by atoms with Crippen LogP contribution in [-0.2, 0) is 16.1 Å². The molecule has 178 valence electrons. The summed E-state index contributed by atoms with van der Waals surface area (Å²) in [6.07, 6.45) is 1.48. The smallest absolute Gasteiger partial charge is 0.330 e. The minimum absolute atomic E-state index is 0.0202. The van der Waals surface area contributed by atoms with Crippen molar-refractivity contribution in [3.8, 4) is 0 Å². The number of ether oxygens (including phenoxy) is 1. The number of nitrogens with zero attached hydrogens (tertiary/aromatic N) is 4. The van der Waals surface area contributed by atoms with Crippen molar-refractivity contribution < 1.29 is 9.53 Å². The van der Waals surface area contributed by atoms with E-state index in [4.69, 9.17) is 10.5 Å². The lowest BCUT2D eigenvalue weighted by Gasteiger charge is -2.24. The lowest BCUT2D eigenvalue weighted by molar-refractivity contribution is -0.116. The molecule has 10 nitrogen and oxygen atoms in total. The standard InChI is InChI=1S/C21H28N6O4S2/c1-11(2)8-27-17(22)16(18(29)25-21(27)30)26(6-7-31-5)14(28)9-32-19-15-12(3)13(4)33-20(15)24-10-23-19/h10-11H,6-9,22H2,1-5H3,(H,25,29,30). The molecule has 3 aromatic heterocycles. The molecule has 33 heavy (non-hydrogen) atoms. The third-order valence-electron chi connectivity index (χ3n) is 5.11. The second-order valence-corrected chi connectivity index (χ2v) is 10.1. The molecule has 0 unspecified atom stereocenters. The Morgan fingerprint density at radius 2 is 2.06 bits per heavy atom. The van der Waals surface area contributed by atoms with E-state index in [0.717, 1.165) is 20.7 Å². The monoisotopic (exact) mass is 492 g/mol. The van der Waals surface area contributed by atoms with E-state index in [1.165, 1.54) is 34.7 Å². The molecule has 0 atom stereocenters. The molecule has 0 saturated carbocycles. The Kier molecular flexibility index (Phi) is 7.92. The molecular weight excluding hydrogens is 464 g/mol. The van der Waals surface area contributed by atoms with Crippen LogP contribution in [0.15, 0.2) is 20.9 Å². The summed E-state index contributed by atoms with van der Waals surface area (Å²) in [6.45, 7) is 8.50. The molecule has 0 bridgehead atoms. The van der Waals surface area contributed by atoms with Crippen LogP contribution in [0, 0.1) is 19.8 Å². The number of aryl methyl sites for hydroxylation is 2. The SMILES string of the molecule is COCCN(C(=O)CSc1ncnc2sc(C)c(C)c12)c1c(N)n(CC(C)C)c(=O)[nH]c1=O. The molecule has 0 aromatic carbocycles. The van der Waals surface area contributed by atoms with Gasteiger partial charge in [-0.3, -0.25) is 19.1 Å². The lowest BCUT2D eigenvalue weighted by atomic mass is 10.2.